The summed E-state index contributed by atoms with van der Waals surface area (Å²) in [6, 6.07) is 12.3. The Balaban J connectivity index is 1.80. The van der Waals surface area contributed by atoms with Gasteiger partial charge in [0.2, 0.25) is 0 Å². The first kappa shape index (κ1) is 19.3. The van der Waals surface area contributed by atoms with Crippen molar-refractivity contribution >= 4 is 45.6 Å². The lowest BCUT2D eigenvalue weighted by Gasteiger charge is -2.14. The van der Waals surface area contributed by atoms with Gasteiger partial charge in [-0.1, -0.05) is 17.7 Å². The van der Waals surface area contributed by atoms with Gasteiger partial charge in [0.15, 0.2) is 11.4 Å². The second-order valence-corrected chi connectivity index (χ2v) is 6.78. The number of rotatable bonds is 5. The second-order valence-electron chi connectivity index (χ2n) is 6.37. The predicted octanol–water partition coefficient (Wildman–Crippen LogP) is 3.68. The van der Waals surface area contributed by atoms with E-state index in [1.165, 1.54) is 18.0 Å². The molecule has 0 fully saturated rings. The number of nitrogens with zero attached hydrogens (tertiary/aromatic N) is 4. The highest BCUT2D eigenvalue weighted by Crippen LogP contribution is 2.36. The smallest absolute Gasteiger partial charge is 0.277 e. The van der Waals surface area contributed by atoms with E-state index in [0.29, 0.717) is 50.4 Å². The summed E-state index contributed by atoms with van der Waals surface area (Å²) in [5.41, 5.74) is 1.72. The molecule has 0 atom stereocenters. The van der Waals surface area contributed by atoms with Gasteiger partial charge in [-0.15, -0.1) is 0 Å². The van der Waals surface area contributed by atoms with Crippen LogP contribution >= 0.6 is 11.6 Å². The van der Waals surface area contributed by atoms with Crippen molar-refractivity contribution in [1.82, 2.24) is 19.7 Å². The minimum atomic E-state index is -0.232. The minimum absolute atomic E-state index is 0.232. The molecule has 150 valence electrons. The number of anilines is 4. The molecule has 4 aromatic rings. The fraction of sp³-hybridized carbons (Fsp3) is 0.100. The Labute approximate surface area is 175 Å². The lowest BCUT2D eigenvalue weighted by molar-refractivity contribution is 0.417. The molecule has 10 heteroatoms. The van der Waals surface area contributed by atoms with Gasteiger partial charge in [0.05, 0.1) is 29.1 Å². The lowest BCUT2D eigenvalue weighted by Crippen LogP contribution is -2.12. The maximum Gasteiger partial charge on any atom is 0.277 e. The number of methoxy groups -OCH3 is 1. The number of hydrogen-bond donors (Lipinski definition) is 3. The Morgan fingerprint density at radius 3 is 2.73 bits per heavy atom. The first-order valence-corrected chi connectivity index (χ1v) is 9.20. The van der Waals surface area contributed by atoms with Gasteiger partial charge in [-0.05, 0) is 24.3 Å². The number of nitrogens with one attached hydrogen (secondary N) is 3. The maximum absolute atomic E-state index is 12.6. The number of halogens is 1. The van der Waals surface area contributed by atoms with Crippen LogP contribution in [0.1, 0.15) is 5.56 Å². The van der Waals surface area contributed by atoms with Crippen LogP contribution in [-0.4, -0.2) is 26.9 Å². The van der Waals surface area contributed by atoms with E-state index in [4.69, 9.17) is 21.6 Å². The standard InChI is InChI=1S/C20H16ClN7O2/c1-28-20(29)17-14(24-13-5-3-4-12(21)18(13)30-2)8-16(26-19(17)27-28)25-15-7-6-11(9-22)10-23-15/h3-8,10H,1-2H3,(H3,23,24,25,26,27). The summed E-state index contributed by atoms with van der Waals surface area (Å²) in [6.45, 7) is 0. The van der Waals surface area contributed by atoms with Gasteiger partial charge in [0.1, 0.15) is 23.1 Å². The molecule has 3 heterocycles. The first-order valence-electron chi connectivity index (χ1n) is 8.82. The van der Waals surface area contributed by atoms with Crippen molar-refractivity contribution in [3.05, 3.63) is 63.5 Å². The van der Waals surface area contributed by atoms with Crippen molar-refractivity contribution in [3.8, 4) is 11.8 Å². The van der Waals surface area contributed by atoms with E-state index in [0.717, 1.165) is 0 Å². The maximum atomic E-state index is 12.6. The molecule has 1 aromatic carbocycles. The van der Waals surface area contributed by atoms with Crippen molar-refractivity contribution in [2.75, 3.05) is 17.7 Å². The van der Waals surface area contributed by atoms with Crippen LogP contribution in [0.2, 0.25) is 5.02 Å². The molecule has 30 heavy (non-hydrogen) atoms. The van der Waals surface area contributed by atoms with E-state index in [-0.39, 0.29) is 5.56 Å². The number of benzene rings is 1. The molecule has 0 saturated heterocycles. The highest BCUT2D eigenvalue weighted by atomic mass is 35.5. The average molecular weight is 422 g/mol. The van der Waals surface area contributed by atoms with E-state index >= 15 is 0 Å². The van der Waals surface area contributed by atoms with Crippen molar-refractivity contribution in [1.29, 1.82) is 5.26 Å². The molecule has 0 radical (unpaired) electrons. The van der Waals surface area contributed by atoms with Crippen molar-refractivity contribution < 1.29 is 4.74 Å². The van der Waals surface area contributed by atoms with Gasteiger partial charge in [0, 0.05) is 19.3 Å². The fourth-order valence-corrected chi connectivity index (χ4v) is 3.26. The van der Waals surface area contributed by atoms with Crippen LogP contribution in [0, 0.1) is 11.3 Å². The molecule has 0 amide bonds. The monoisotopic (exact) mass is 421 g/mol. The molecule has 9 nitrogen and oxygen atoms in total. The molecule has 0 aliphatic heterocycles. The summed E-state index contributed by atoms with van der Waals surface area (Å²) < 4.78 is 6.74. The third-order valence-corrected chi connectivity index (χ3v) is 4.70. The number of nitriles is 1. The number of hydrogen-bond acceptors (Lipinski definition) is 7. The van der Waals surface area contributed by atoms with Crippen molar-refractivity contribution in [3.63, 3.8) is 0 Å². The second kappa shape index (κ2) is 7.77. The normalized spacial score (nSPS) is 10.6. The first-order chi connectivity index (χ1) is 14.5. The van der Waals surface area contributed by atoms with Crippen LogP contribution in [0.5, 0.6) is 5.75 Å². The van der Waals surface area contributed by atoms with Gasteiger partial charge in [0.25, 0.3) is 5.56 Å². The Morgan fingerprint density at radius 2 is 2.03 bits per heavy atom. The van der Waals surface area contributed by atoms with Crippen molar-refractivity contribution in [2.45, 2.75) is 0 Å². The van der Waals surface area contributed by atoms with E-state index in [9.17, 15) is 4.79 Å². The molecule has 3 aromatic heterocycles. The van der Waals surface area contributed by atoms with Gasteiger partial charge >= 0.3 is 0 Å². The number of aromatic nitrogens is 4. The predicted molar refractivity (Wildman–Crippen MR) is 115 cm³/mol. The van der Waals surface area contributed by atoms with Gasteiger partial charge in [-0.3, -0.25) is 14.6 Å². The summed E-state index contributed by atoms with van der Waals surface area (Å²) in [5, 5.41) is 19.0. The van der Waals surface area contributed by atoms with Gasteiger partial charge < -0.3 is 15.4 Å². The number of pyridine rings is 2. The van der Waals surface area contributed by atoms with Crippen LogP contribution in [0.4, 0.5) is 23.0 Å². The number of ether oxygens (including phenoxy) is 1. The highest BCUT2D eigenvalue weighted by molar-refractivity contribution is 6.32. The molecule has 4 rings (SSSR count). The lowest BCUT2D eigenvalue weighted by atomic mass is 10.2. The van der Waals surface area contributed by atoms with E-state index in [2.05, 4.69) is 25.7 Å². The number of fused-ring (bicyclic) bond motifs is 1. The Morgan fingerprint density at radius 1 is 1.20 bits per heavy atom. The quantitative estimate of drug-likeness (QED) is 0.449. The SMILES string of the molecule is COc1c(Cl)cccc1Nc1cc(Nc2ccc(C#N)cn2)nc2[nH]n(C)c(=O)c12. The van der Waals surface area contributed by atoms with Gasteiger partial charge in [-0.2, -0.15) is 5.26 Å². The fourth-order valence-electron chi connectivity index (χ4n) is 3.01. The number of aryl methyl sites for hydroxylation is 1. The molecular formula is C20H16ClN7O2. The number of aromatic amines is 1. The summed E-state index contributed by atoms with van der Waals surface area (Å²) in [4.78, 5) is 21.3. The van der Waals surface area contributed by atoms with Crippen LogP contribution in [0.3, 0.4) is 0 Å². The minimum Gasteiger partial charge on any atom is -0.493 e. The molecule has 0 aliphatic carbocycles. The average Bonchev–Trinajstić information content (AvgIpc) is 3.02. The van der Waals surface area contributed by atoms with Crippen LogP contribution in [-0.2, 0) is 7.05 Å². The molecule has 3 N–H and O–H groups in total. The summed E-state index contributed by atoms with van der Waals surface area (Å²) >= 11 is 6.22. The molecule has 0 saturated carbocycles. The third kappa shape index (κ3) is 3.52. The zero-order valence-electron chi connectivity index (χ0n) is 16.0. The summed E-state index contributed by atoms with van der Waals surface area (Å²) in [6.07, 6.45) is 1.46. The molecule has 0 spiro atoms. The number of H-pyrrole nitrogens is 1. The van der Waals surface area contributed by atoms with E-state index < -0.39 is 0 Å². The van der Waals surface area contributed by atoms with E-state index in [1.807, 2.05) is 6.07 Å². The summed E-state index contributed by atoms with van der Waals surface area (Å²) in [5.74, 6) is 1.41. The molecular weight excluding hydrogens is 406 g/mol. The van der Waals surface area contributed by atoms with Gasteiger partial charge in [-0.25, -0.2) is 9.97 Å². The van der Waals surface area contributed by atoms with Crippen molar-refractivity contribution in [2.24, 2.45) is 7.05 Å². The molecule has 0 aliphatic rings. The Bertz CT molecular complexity index is 1340. The van der Waals surface area contributed by atoms with Crippen LogP contribution < -0.4 is 20.9 Å². The van der Waals surface area contributed by atoms with Crippen LogP contribution in [0.15, 0.2) is 47.4 Å². The molecule has 0 unspecified atom stereocenters. The summed E-state index contributed by atoms with van der Waals surface area (Å²) in [7, 11) is 3.14. The van der Waals surface area contributed by atoms with E-state index in [1.54, 1.807) is 43.4 Å². The highest BCUT2D eigenvalue weighted by Gasteiger charge is 2.16. The zero-order valence-corrected chi connectivity index (χ0v) is 16.8. The van der Waals surface area contributed by atoms with Crippen LogP contribution in [0.25, 0.3) is 11.0 Å². The topological polar surface area (TPSA) is 121 Å². The number of para-hydroxylation sites is 1. The zero-order chi connectivity index (χ0) is 21.3. The third-order valence-electron chi connectivity index (χ3n) is 4.40. The molecule has 0 bridgehead atoms. The Kier molecular flexibility index (Phi) is 5.00. The Hall–Kier alpha value is -4.03. The largest absolute Gasteiger partial charge is 0.493 e.